The predicted octanol–water partition coefficient (Wildman–Crippen LogP) is 3.10. The number of nitrogens with one attached hydrogen (secondary N) is 2. The highest BCUT2D eigenvalue weighted by atomic mass is 16.5. The molecule has 1 atom stereocenters. The molecule has 2 rings (SSSR count). The minimum absolute atomic E-state index is 0.0213. The lowest BCUT2D eigenvalue weighted by atomic mass is 9.95. The lowest BCUT2D eigenvalue weighted by molar-refractivity contribution is -0.123. The molecular formula is C19H28N2O3. The van der Waals surface area contributed by atoms with Gasteiger partial charge in [0.25, 0.3) is 0 Å². The maximum absolute atomic E-state index is 12.4. The highest BCUT2D eigenvalue weighted by Gasteiger charge is 2.22. The van der Waals surface area contributed by atoms with Gasteiger partial charge in [0, 0.05) is 18.5 Å². The molecule has 1 aliphatic rings. The molecule has 1 aromatic rings. The van der Waals surface area contributed by atoms with Crippen LogP contribution in [0.4, 0.5) is 0 Å². The van der Waals surface area contributed by atoms with E-state index in [-0.39, 0.29) is 30.3 Å². The van der Waals surface area contributed by atoms with Crippen LogP contribution in [-0.2, 0) is 9.59 Å². The standard InChI is InChI=1S/C19H28N2O3/c1-3-24-18-12-8-7-11-16(18)17(20-14(2)22)13-19(23)21-15-9-5-4-6-10-15/h7-8,11-12,15,17H,3-6,9-10,13H2,1-2H3,(H,20,22)(H,21,23)/t17-/m1/s1. The topological polar surface area (TPSA) is 67.4 Å². The van der Waals surface area contributed by atoms with Gasteiger partial charge in [0.15, 0.2) is 0 Å². The van der Waals surface area contributed by atoms with Gasteiger partial charge in [-0.2, -0.15) is 0 Å². The Morgan fingerprint density at radius 2 is 1.92 bits per heavy atom. The third kappa shape index (κ3) is 5.55. The molecule has 2 N–H and O–H groups in total. The SMILES string of the molecule is CCOc1ccccc1[C@@H](CC(=O)NC1CCCCC1)NC(C)=O. The summed E-state index contributed by atoms with van der Waals surface area (Å²) in [5.74, 6) is 0.535. The Bertz CT molecular complexity index is 553. The molecular weight excluding hydrogens is 304 g/mol. The van der Waals surface area contributed by atoms with Crippen molar-refractivity contribution in [1.29, 1.82) is 0 Å². The number of amides is 2. The van der Waals surface area contributed by atoms with Crippen molar-refractivity contribution in [2.45, 2.75) is 64.5 Å². The zero-order valence-corrected chi connectivity index (χ0v) is 14.6. The molecule has 0 bridgehead atoms. The molecule has 1 saturated carbocycles. The van der Waals surface area contributed by atoms with Gasteiger partial charge in [-0.15, -0.1) is 0 Å². The van der Waals surface area contributed by atoms with Gasteiger partial charge >= 0.3 is 0 Å². The van der Waals surface area contributed by atoms with Crippen LogP contribution in [0.25, 0.3) is 0 Å². The zero-order chi connectivity index (χ0) is 17.4. The maximum Gasteiger partial charge on any atom is 0.222 e. The molecule has 0 radical (unpaired) electrons. The molecule has 0 unspecified atom stereocenters. The second kappa shape index (κ2) is 9.30. The molecule has 1 fully saturated rings. The average molecular weight is 332 g/mol. The molecule has 0 aliphatic heterocycles. The fourth-order valence-electron chi connectivity index (χ4n) is 3.26. The zero-order valence-electron chi connectivity index (χ0n) is 14.6. The van der Waals surface area contributed by atoms with E-state index in [9.17, 15) is 9.59 Å². The first-order chi connectivity index (χ1) is 11.6. The van der Waals surface area contributed by atoms with Gasteiger partial charge in [-0.1, -0.05) is 37.5 Å². The molecule has 0 saturated heterocycles. The Hall–Kier alpha value is -2.04. The van der Waals surface area contributed by atoms with Gasteiger partial charge in [-0.05, 0) is 25.8 Å². The summed E-state index contributed by atoms with van der Waals surface area (Å²) in [6.07, 6.45) is 5.92. The van der Waals surface area contributed by atoms with E-state index in [4.69, 9.17) is 4.74 Å². The monoisotopic (exact) mass is 332 g/mol. The van der Waals surface area contributed by atoms with E-state index in [0.717, 1.165) is 18.4 Å². The van der Waals surface area contributed by atoms with E-state index in [0.29, 0.717) is 12.4 Å². The molecule has 2 amide bonds. The number of hydrogen-bond donors (Lipinski definition) is 2. The Kier molecular flexibility index (Phi) is 7.09. The van der Waals surface area contributed by atoms with Crippen LogP contribution < -0.4 is 15.4 Å². The average Bonchev–Trinajstić information content (AvgIpc) is 2.55. The molecule has 1 aliphatic carbocycles. The van der Waals surface area contributed by atoms with Gasteiger partial charge in [0.05, 0.1) is 19.1 Å². The van der Waals surface area contributed by atoms with Crippen molar-refractivity contribution in [2.75, 3.05) is 6.61 Å². The molecule has 132 valence electrons. The van der Waals surface area contributed by atoms with Gasteiger partial charge in [-0.25, -0.2) is 0 Å². The summed E-state index contributed by atoms with van der Waals surface area (Å²) in [6, 6.07) is 7.44. The van der Waals surface area contributed by atoms with Crippen LogP contribution >= 0.6 is 0 Å². The summed E-state index contributed by atoms with van der Waals surface area (Å²) in [5.41, 5.74) is 0.841. The first-order valence-electron chi connectivity index (χ1n) is 8.88. The molecule has 0 heterocycles. The Labute approximate surface area is 144 Å². The highest BCUT2D eigenvalue weighted by Crippen LogP contribution is 2.27. The van der Waals surface area contributed by atoms with Crippen molar-refractivity contribution in [1.82, 2.24) is 10.6 Å². The molecule has 5 heteroatoms. The summed E-state index contributed by atoms with van der Waals surface area (Å²) >= 11 is 0. The normalized spacial score (nSPS) is 16.2. The Morgan fingerprint density at radius 1 is 1.21 bits per heavy atom. The van der Waals surface area contributed by atoms with Crippen LogP contribution in [-0.4, -0.2) is 24.5 Å². The third-order valence-electron chi connectivity index (χ3n) is 4.33. The lowest BCUT2D eigenvalue weighted by Gasteiger charge is -2.25. The smallest absolute Gasteiger partial charge is 0.222 e. The van der Waals surface area contributed by atoms with Gasteiger partial charge < -0.3 is 15.4 Å². The first-order valence-corrected chi connectivity index (χ1v) is 8.88. The predicted molar refractivity (Wildman–Crippen MR) is 93.8 cm³/mol. The summed E-state index contributed by atoms with van der Waals surface area (Å²) in [6.45, 7) is 3.92. The van der Waals surface area contributed by atoms with Crippen LogP contribution in [0.3, 0.4) is 0 Å². The number of benzene rings is 1. The van der Waals surface area contributed by atoms with Crippen molar-refractivity contribution < 1.29 is 14.3 Å². The van der Waals surface area contributed by atoms with E-state index >= 15 is 0 Å². The minimum Gasteiger partial charge on any atom is -0.494 e. The summed E-state index contributed by atoms with van der Waals surface area (Å²) in [5, 5.41) is 6.00. The fraction of sp³-hybridized carbons (Fsp3) is 0.579. The van der Waals surface area contributed by atoms with Crippen molar-refractivity contribution in [2.24, 2.45) is 0 Å². The second-order valence-corrected chi connectivity index (χ2v) is 6.33. The summed E-state index contributed by atoms with van der Waals surface area (Å²) in [4.78, 5) is 24.0. The number of carbonyl (C=O) groups is 2. The summed E-state index contributed by atoms with van der Waals surface area (Å²) < 4.78 is 5.65. The number of ether oxygens (including phenoxy) is 1. The fourth-order valence-corrected chi connectivity index (χ4v) is 3.26. The van der Waals surface area contributed by atoms with Crippen molar-refractivity contribution in [3.63, 3.8) is 0 Å². The number of rotatable bonds is 7. The minimum atomic E-state index is -0.381. The van der Waals surface area contributed by atoms with Crippen molar-refractivity contribution >= 4 is 11.8 Å². The lowest BCUT2D eigenvalue weighted by Crippen LogP contribution is -2.39. The quantitative estimate of drug-likeness (QED) is 0.806. The van der Waals surface area contributed by atoms with Crippen LogP contribution in [0.15, 0.2) is 24.3 Å². The van der Waals surface area contributed by atoms with Crippen molar-refractivity contribution in [3.05, 3.63) is 29.8 Å². The number of carbonyl (C=O) groups excluding carboxylic acids is 2. The molecule has 0 aromatic heterocycles. The van der Waals surface area contributed by atoms with E-state index in [1.165, 1.54) is 26.2 Å². The Balaban J connectivity index is 2.07. The van der Waals surface area contributed by atoms with Gasteiger partial charge in [-0.3, -0.25) is 9.59 Å². The van der Waals surface area contributed by atoms with E-state index in [2.05, 4.69) is 10.6 Å². The second-order valence-electron chi connectivity index (χ2n) is 6.33. The van der Waals surface area contributed by atoms with E-state index in [1.807, 2.05) is 31.2 Å². The Morgan fingerprint density at radius 3 is 2.58 bits per heavy atom. The number of hydrogen-bond acceptors (Lipinski definition) is 3. The number of para-hydroxylation sites is 1. The van der Waals surface area contributed by atoms with Gasteiger partial charge in [0.2, 0.25) is 11.8 Å². The van der Waals surface area contributed by atoms with Crippen LogP contribution in [0.2, 0.25) is 0 Å². The van der Waals surface area contributed by atoms with E-state index in [1.54, 1.807) is 0 Å². The largest absolute Gasteiger partial charge is 0.494 e. The van der Waals surface area contributed by atoms with Gasteiger partial charge in [0.1, 0.15) is 5.75 Å². The maximum atomic E-state index is 12.4. The van der Waals surface area contributed by atoms with Crippen LogP contribution in [0.5, 0.6) is 5.75 Å². The van der Waals surface area contributed by atoms with Crippen molar-refractivity contribution in [3.8, 4) is 5.75 Å². The molecule has 5 nitrogen and oxygen atoms in total. The first kappa shape index (κ1) is 18.3. The highest BCUT2D eigenvalue weighted by molar-refractivity contribution is 5.79. The molecule has 24 heavy (non-hydrogen) atoms. The molecule has 0 spiro atoms. The van der Waals surface area contributed by atoms with E-state index < -0.39 is 0 Å². The molecule has 1 aromatic carbocycles. The summed E-state index contributed by atoms with van der Waals surface area (Å²) in [7, 11) is 0. The van der Waals surface area contributed by atoms with Crippen LogP contribution in [0.1, 0.15) is 64.0 Å². The van der Waals surface area contributed by atoms with Crippen LogP contribution in [0, 0.1) is 0 Å². The third-order valence-corrected chi connectivity index (χ3v) is 4.33.